The normalized spacial score (nSPS) is 17.1. The van der Waals surface area contributed by atoms with Gasteiger partial charge in [-0.1, -0.05) is 5.16 Å². The van der Waals surface area contributed by atoms with Crippen LogP contribution in [0.25, 0.3) is 11.4 Å². The molecule has 0 aliphatic carbocycles. The summed E-state index contributed by atoms with van der Waals surface area (Å²) in [6, 6.07) is 6.71. The summed E-state index contributed by atoms with van der Waals surface area (Å²) < 4.78 is 9.99. The number of amides is 1. The van der Waals surface area contributed by atoms with Crippen LogP contribution in [-0.2, 0) is 9.53 Å². The number of nitrogens with zero attached hydrogens (tertiary/aromatic N) is 2. The van der Waals surface area contributed by atoms with Crippen molar-refractivity contribution < 1.29 is 14.1 Å². The highest BCUT2D eigenvalue weighted by atomic mass is 16.5. The zero-order valence-corrected chi connectivity index (χ0v) is 12.1. The number of anilines is 1. The van der Waals surface area contributed by atoms with Gasteiger partial charge < -0.3 is 20.3 Å². The number of rotatable bonds is 4. The molecule has 0 saturated carbocycles. The van der Waals surface area contributed by atoms with E-state index < -0.39 is 6.04 Å². The third kappa shape index (κ3) is 3.32. The van der Waals surface area contributed by atoms with Crippen molar-refractivity contribution in [2.75, 3.05) is 18.5 Å². The summed E-state index contributed by atoms with van der Waals surface area (Å²) in [5, 5.41) is 6.60. The minimum Gasteiger partial charge on any atom is -0.381 e. The predicted molar refractivity (Wildman–Crippen MR) is 79.9 cm³/mol. The molecular weight excluding hydrogens is 284 g/mol. The maximum Gasteiger partial charge on any atom is 0.241 e. The lowest BCUT2D eigenvalue weighted by Gasteiger charge is -2.26. The van der Waals surface area contributed by atoms with Crippen molar-refractivity contribution in [3.05, 3.63) is 30.7 Å². The number of nitrogens with one attached hydrogen (secondary N) is 1. The van der Waals surface area contributed by atoms with Crippen LogP contribution in [-0.4, -0.2) is 35.3 Å². The van der Waals surface area contributed by atoms with Crippen molar-refractivity contribution >= 4 is 11.6 Å². The van der Waals surface area contributed by atoms with Gasteiger partial charge in [0.15, 0.2) is 0 Å². The van der Waals surface area contributed by atoms with E-state index in [0.29, 0.717) is 24.7 Å². The van der Waals surface area contributed by atoms with Crippen LogP contribution < -0.4 is 11.1 Å². The fourth-order valence-corrected chi connectivity index (χ4v) is 2.52. The van der Waals surface area contributed by atoms with Crippen LogP contribution >= 0.6 is 0 Å². The van der Waals surface area contributed by atoms with Crippen molar-refractivity contribution in [1.29, 1.82) is 0 Å². The number of benzene rings is 1. The predicted octanol–water partition coefficient (Wildman–Crippen LogP) is 1.43. The van der Waals surface area contributed by atoms with Gasteiger partial charge in [0.2, 0.25) is 18.1 Å². The first-order valence-corrected chi connectivity index (χ1v) is 7.25. The number of hydrogen-bond acceptors (Lipinski definition) is 6. The summed E-state index contributed by atoms with van der Waals surface area (Å²) in [6.45, 7) is 1.34. The van der Waals surface area contributed by atoms with Gasteiger partial charge in [-0.3, -0.25) is 4.79 Å². The molecule has 1 aromatic carbocycles. The standard InChI is InChI=1S/C15H18N4O3/c16-13(10-5-7-21-8-6-10)15(20)18-12-3-1-11(2-4-12)14-17-9-22-19-14/h1-4,9-10,13H,5-8,16H2,(H,18,20)/t13-/m1/s1. The maximum absolute atomic E-state index is 12.2. The molecule has 0 unspecified atom stereocenters. The Balaban J connectivity index is 1.61. The van der Waals surface area contributed by atoms with Crippen LogP contribution in [0, 0.1) is 5.92 Å². The van der Waals surface area contributed by atoms with Gasteiger partial charge in [-0.05, 0) is 43.0 Å². The number of ether oxygens (including phenoxy) is 1. The molecule has 1 fully saturated rings. The molecule has 1 saturated heterocycles. The van der Waals surface area contributed by atoms with Crippen molar-refractivity contribution in [2.24, 2.45) is 11.7 Å². The third-order valence-electron chi connectivity index (χ3n) is 3.85. The Morgan fingerprint density at radius 1 is 1.27 bits per heavy atom. The molecular formula is C15H18N4O3. The molecule has 3 rings (SSSR count). The molecule has 0 radical (unpaired) electrons. The molecule has 2 aromatic rings. The second-order valence-corrected chi connectivity index (χ2v) is 5.30. The summed E-state index contributed by atoms with van der Waals surface area (Å²) >= 11 is 0. The van der Waals surface area contributed by atoms with Crippen LogP contribution in [0.4, 0.5) is 5.69 Å². The Labute approximate surface area is 127 Å². The van der Waals surface area contributed by atoms with Gasteiger partial charge in [0.1, 0.15) is 0 Å². The van der Waals surface area contributed by atoms with E-state index in [2.05, 4.69) is 15.5 Å². The lowest BCUT2D eigenvalue weighted by molar-refractivity contribution is -0.119. The minimum absolute atomic E-state index is 0.167. The van der Waals surface area contributed by atoms with Crippen molar-refractivity contribution in [2.45, 2.75) is 18.9 Å². The van der Waals surface area contributed by atoms with Crippen LogP contribution in [0.15, 0.2) is 35.2 Å². The second-order valence-electron chi connectivity index (χ2n) is 5.30. The minimum atomic E-state index is -0.513. The van der Waals surface area contributed by atoms with Crippen molar-refractivity contribution in [3.8, 4) is 11.4 Å². The fourth-order valence-electron chi connectivity index (χ4n) is 2.52. The summed E-state index contributed by atoms with van der Waals surface area (Å²) in [5.74, 6) is 0.517. The van der Waals surface area contributed by atoms with Crippen LogP contribution in [0.5, 0.6) is 0 Å². The third-order valence-corrected chi connectivity index (χ3v) is 3.85. The molecule has 1 atom stereocenters. The molecule has 2 heterocycles. The number of hydrogen-bond donors (Lipinski definition) is 2. The largest absolute Gasteiger partial charge is 0.381 e. The summed E-state index contributed by atoms with van der Waals surface area (Å²) in [5.41, 5.74) is 7.56. The number of carbonyl (C=O) groups excluding carboxylic acids is 1. The summed E-state index contributed by atoms with van der Waals surface area (Å²) in [4.78, 5) is 16.2. The monoisotopic (exact) mass is 302 g/mol. The average Bonchev–Trinajstić information content (AvgIpc) is 3.10. The molecule has 1 aromatic heterocycles. The Bertz CT molecular complexity index is 606. The van der Waals surface area contributed by atoms with E-state index in [4.69, 9.17) is 15.0 Å². The van der Waals surface area contributed by atoms with Gasteiger partial charge in [-0.15, -0.1) is 0 Å². The van der Waals surface area contributed by atoms with Crippen LogP contribution in [0.3, 0.4) is 0 Å². The van der Waals surface area contributed by atoms with Crippen LogP contribution in [0.1, 0.15) is 12.8 Å². The van der Waals surface area contributed by atoms with E-state index in [1.54, 1.807) is 12.1 Å². The molecule has 7 heteroatoms. The molecule has 1 aliphatic heterocycles. The first-order valence-electron chi connectivity index (χ1n) is 7.25. The summed E-state index contributed by atoms with van der Waals surface area (Å²) in [6.07, 6.45) is 2.93. The van der Waals surface area contributed by atoms with Gasteiger partial charge in [0, 0.05) is 24.5 Å². The lowest BCUT2D eigenvalue weighted by Crippen LogP contribution is -2.43. The smallest absolute Gasteiger partial charge is 0.241 e. The number of aromatic nitrogens is 2. The fraction of sp³-hybridized carbons (Fsp3) is 0.400. The van der Waals surface area contributed by atoms with E-state index in [1.165, 1.54) is 6.39 Å². The molecule has 22 heavy (non-hydrogen) atoms. The van der Waals surface area contributed by atoms with Crippen LogP contribution in [0.2, 0.25) is 0 Å². The van der Waals surface area contributed by atoms with E-state index in [-0.39, 0.29) is 11.8 Å². The molecule has 116 valence electrons. The highest BCUT2D eigenvalue weighted by Crippen LogP contribution is 2.20. The first kappa shape index (κ1) is 14.7. The quantitative estimate of drug-likeness (QED) is 0.885. The number of nitrogens with two attached hydrogens (primary N) is 1. The molecule has 1 aliphatic rings. The van der Waals surface area contributed by atoms with Crippen molar-refractivity contribution in [1.82, 2.24) is 10.1 Å². The molecule has 0 bridgehead atoms. The number of carbonyl (C=O) groups is 1. The van der Waals surface area contributed by atoms with Gasteiger partial charge >= 0.3 is 0 Å². The molecule has 0 spiro atoms. The second kappa shape index (κ2) is 6.67. The highest BCUT2D eigenvalue weighted by molar-refractivity contribution is 5.95. The molecule has 7 nitrogen and oxygen atoms in total. The van der Waals surface area contributed by atoms with Gasteiger partial charge in [0.25, 0.3) is 0 Å². The lowest BCUT2D eigenvalue weighted by atomic mass is 9.92. The van der Waals surface area contributed by atoms with Gasteiger partial charge in [-0.2, -0.15) is 4.98 Å². The van der Waals surface area contributed by atoms with Crippen molar-refractivity contribution in [3.63, 3.8) is 0 Å². The zero-order chi connectivity index (χ0) is 15.4. The molecule has 1 amide bonds. The highest BCUT2D eigenvalue weighted by Gasteiger charge is 2.26. The average molecular weight is 302 g/mol. The Kier molecular flexibility index (Phi) is 4.45. The topological polar surface area (TPSA) is 103 Å². The Morgan fingerprint density at radius 3 is 2.64 bits per heavy atom. The van der Waals surface area contributed by atoms with E-state index >= 15 is 0 Å². The van der Waals surface area contributed by atoms with E-state index in [0.717, 1.165) is 18.4 Å². The Hall–Kier alpha value is -2.25. The molecule has 3 N–H and O–H groups in total. The van der Waals surface area contributed by atoms with Gasteiger partial charge in [0.05, 0.1) is 6.04 Å². The summed E-state index contributed by atoms with van der Waals surface area (Å²) in [7, 11) is 0. The maximum atomic E-state index is 12.2. The zero-order valence-electron chi connectivity index (χ0n) is 12.1. The first-order chi connectivity index (χ1) is 10.7. The SMILES string of the molecule is N[C@@H](C(=O)Nc1ccc(-c2ncon2)cc1)C1CCOCC1. The van der Waals surface area contributed by atoms with Gasteiger partial charge in [-0.25, -0.2) is 0 Å². The Morgan fingerprint density at radius 2 is 2.00 bits per heavy atom. The van der Waals surface area contributed by atoms with E-state index in [9.17, 15) is 4.79 Å². The van der Waals surface area contributed by atoms with E-state index in [1.807, 2.05) is 12.1 Å².